The number of hydrogen-bond donors (Lipinski definition) is 1. The van der Waals surface area contributed by atoms with Crippen LogP contribution in [0, 0.1) is 0 Å². The van der Waals surface area contributed by atoms with Crippen molar-refractivity contribution in [2.45, 2.75) is 45.4 Å². The molecule has 0 fully saturated rings. The van der Waals surface area contributed by atoms with Gasteiger partial charge in [0.25, 0.3) is 0 Å². The molecule has 3 rings (SSSR count). The zero-order chi connectivity index (χ0) is 17.6. The van der Waals surface area contributed by atoms with E-state index in [0.29, 0.717) is 34.9 Å². The predicted octanol–water partition coefficient (Wildman–Crippen LogP) is 4.74. The number of benzene rings is 2. The molecule has 0 bridgehead atoms. The summed E-state index contributed by atoms with van der Waals surface area (Å²) in [5.74, 6) is 0.911. The molecule has 1 aliphatic carbocycles. The minimum absolute atomic E-state index is 0.0928. The third-order valence-corrected chi connectivity index (χ3v) is 4.16. The van der Waals surface area contributed by atoms with E-state index in [9.17, 15) is 9.90 Å². The normalized spacial score (nSPS) is 11.2. The van der Waals surface area contributed by atoms with E-state index in [1.165, 1.54) is 43.9 Å². The Bertz CT molecular complexity index is 871. The van der Waals surface area contributed by atoms with Gasteiger partial charge < -0.3 is 14.3 Å². The molecule has 1 aliphatic heterocycles. The van der Waals surface area contributed by atoms with Crippen molar-refractivity contribution in [2.75, 3.05) is 6.61 Å². The number of aromatic hydroxyl groups is 1. The molecule has 0 atom stereocenters. The van der Waals surface area contributed by atoms with Crippen LogP contribution in [-0.4, -0.2) is 16.7 Å². The Morgan fingerprint density at radius 1 is 1.08 bits per heavy atom. The number of hydrogen-bond acceptors (Lipinski definition) is 5. The molecule has 2 aliphatic rings. The van der Waals surface area contributed by atoms with Crippen molar-refractivity contribution in [1.82, 2.24) is 4.98 Å². The number of nitrogens with zero attached hydrogens (tertiary/aromatic N) is 1. The first-order valence-corrected chi connectivity index (χ1v) is 8.88. The monoisotopic (exact) mass is 341 g/mol. The third-order valence-electron chi connectivity index (χ3n) is 4.16. The van der Waals surface area contributed by atoms with E-state index in [0.717, 1.165) is 12.8 Å². The van der Waals surface area contributed by atoms with Crippen molar-refractivity contribution in [3.05, 3.63) is 40.6 Å². The Morgan fingerprint density at radius 2 is 1.88 bits per heavy atom. The Hall–Kier alpha value is -2.56. The molecule has 1 aromatic carbocycles. The van der Waals surface area contributed by atoms with Crippen LogP contribution in [0.3, 0.4) is 0 Å². The van der Waals surface area contributed by atoms with Gasteiger partial charge in [-0.25, -0.2) is 4.98 Å². The summed E-state index contributed by atoms with van der Waals surface area (Å²) in [6.07, 6.45) is 7.05. The van der Waals surface area contributed by atoms with Gasteiger partial charge in [0.1, 0.15) is 17.0 Å². The maximum Gasteiger partial charge on any atom is 0.186 e. The highest BCUT2D eigenvalue weighted by molar-refractivity contribution is 5.79. The van der Waals surface area contributed by atoms with E-state index >= 15 is 0 Å². The van der Waals surface area contributed by atoms with E-state index in [2.05, 4.69) is 11.9 Å². The summed E-state index contributed by atoms with van der Waals surface area (Å²) in [6, 6.07) is 7.55. The molecule has 5 heteroatoms. The standard InChI is InChI=1S/C20H23NO4/c1-2-3-4-5-6-7-10-24-18-12-15(23)13-19-20(18)21-16-9-8-14(22)11-17(16)25-19/h8-9,11-13,22H,2-7,10H2,1H3. The number of aromatic nitrogens is 1. The minimum atomic E-state index is -0.185. The predicted molar refractivity (Wildman–Crippen MR) is 97.4 cm³/mol. The van der Waals surface area contributed by atoms with Crippen LogP contribution in [0.5, 0.6) is 11.5 Å². The molecule has 0 unspecified atom stereocenters. The highest BCUT2D eigenvalue weighted by Crippen LogP contribution is 2.32. The average Bonchev–Trinajstić information content (AvgIpc) is 2.59. The van der Waals surface area contributed by atoms with E-state index in [1.807, 2.05) is 0 Å². The first-order valence-electron chi connectivity index (χ1n) is 8.88. The summed E-state index contributed by atoms with van der Waals surface area (Å²) in [6.45, 7) is 2.76. The van der Waals surface area contributed by atoms with Crippen LogP contribution in [0.2, 0.25) is 0 Å². The average molecular weight is 341 g/mol. The van der Waals surface area contributed by atoms with Crippen molar-refractivity contribution >= 4 is 11.1 Å². The molecule has 132 valence electrons. The van der Waals surface area contributed by atoms with Crippen molar-refractivity contribution in [3.63, 3.8) is 0 Å². The topological polar surface area (TPSA) is 72.6 Å². The van der Waals surface area contributed by atoms with Gasteiger partial charge >= 0.3 is 0 Å². The van der Waals surface area contributed by atoms with Gasteiger partial charge in [0, 0.05) is 18.2 Å². The number of phenols is 1. The molecule has 1 aromatic rings. The smallest absolute Gasteiger partial charge is 0.186 e. The summed E-state index contributed by atoms with van der Waals surface area (Å²) >= 11 is 0. The lowest BCUT2D eigenvalue weighted by Gasteiger charge is -2.12. The van der Waals surface area contributed by atoms with Gasteiger partial charge in [-0.05, 0) is 18.6 Å². The molecule has 0 radical (unpaired) electrons. The van der Waals surface area contributed by atoms with Crippen LogP contribution in [0.25, 0.3) is 22.6 Å². The van der Waals surface area contributed by atoms with Gasteiger partial charge in [-0.3, -0.25) is 4.79 Å². The molecule has 5 nitrogen and oxygen atoms in total. The van der Waals surface area contributed by atoms with Crippen LogP contribution in [0.1, 0.15) is 45.4 Å². The fourth-order valence-corrected chi connectivity index (χ4v) is 2.84. The lowest BCUT2D eigenvalue weighted by molar-refractivity contribution is 0.303. The number of fused-ring (bicyclic) bond motifs is 2. The van der Waals surface area contributed by atoms with Crippen molar-refractivity contribution < 1.29 is 14.3 Å². The van der Waals surface area contributed by atoms with Gasteiger partial charge in [0.05, 0.1) is 6.61 Å². The van der Waals surface area contributed by atoms with Gasteiger partial charge in [-0.2, -0.15) is 0 Å². The molecular formula is C20H23NO4. The molecule has 0 saturated heterocycles. The second-order valence-electron chi connectivity index (χ2n) is 6.25. The van der Waals surface area contributed by atoms with Gasteiger partial charge in [0.2, 0.25) is 0 Å². The van der Waals surface area contributed by atoms with Crippen LogP contribution in [-0.2, 0) is 0 Å². The Balaban J connectivity index is 1.76. The number of unbranched alkanes of at least 4 members (excludes halogenated alkanes) is 5. The maximum atomic E-state index is 11.9. The van der Waals surface area contributed by atoms with E-state index in [1.54, 1.807) is 12.1 Å². The van der Waals surface area contributed by atoms with Gasteiger partial charge in [-0.15, -0.1) is 0 Å². The van der Waals surface area contributed by atoms with Crippen LogP contribution in [0.4, 0.5) is 0 Å². The van der Waals surface area contributed by atoms with Crippen molar-refractivity contribution in [2.24, 2.45) is 0 Å². The zero-order valence-electron chi connectivity index (χ0n) is 14.5. The lowest BCUT2D eigenvalue weighted by Crippen LogP contribution is -2.07. The van der Waals surface area contributed by atoms with E-state index in [4.69, 9.17) is 9.15 Å². The highest BCUT2D eigenvalue weighted by atomic mass is 16.5. The molecular weight excluding hydrogens is 318 g/mol. The summed E-state index contributed by atoms with van der Waals surface area (Å²) in [5.41, 5.74) is 1.38. The second kappa shape index (κ2) is 8.01. The van der Waals surface area contributed by atoms with E-state index < -0.39 is 0 Å². The van der Waals surface area contributed by atoms with Crippen LogP contribution in [0.15, 0.2) is 39.5 Å². The van der Waals surface area contributed by atoms with Crippen molar-refractivity contribution in [3.8, 4) is 23.0 Å². The number of phenolic OH excluding ortho intramolecular Hbond substituents is 1. The van der Waals surface area contributed by atoms with Gasteiger partial charge in [-0.1, -0.05) is 39.0 Å². The fourth-order valence-electron chi connectivity index (χ4n) is 2.84. The second-order valence-corrected chi connectivity index (χ2v) is 6.25. The van der Waals surface area contributed by atoms with Crippen LogP contribution >= 0.6 is 0 Å². The molecule has 1 N–H and O–H groups in total. The Kier molecular flexibility index (Phi) is 5.53. The maximum absolute atomic E-state index is 11.9. The first kappa shape index (κ1) is 17.3. The summed E-state index contributed by atoms with van der Waals surface area (Å²) in [5, 5.41) is 9.56. The third kappa shape index (κ3) is 4.29. The summed E-state index contributed by atoms with van der Waals surface area (Å²) in [4.78, 5) is 16.4. The molecule has 0 amide bonds. The Labute approximate surface area is 146 Å². The van der Waals surface area contributed by atoms with E-state index in [-0.39, 0.29) is 11.2 Å². The largest absolute Gasteiger partial charge is 0.508 e. The lowest BCUT2D eigenvalue weighted by atomic mass is 10.1. The molecule has 0 saturated carbocycles. The van der Waals surface area contributed by atoms with Crippen molar-refractivity contribution in [1.29, 1.82) is 0 Å². The highest BCUT2D eigenvalue weighted by Gasteiger charge is 2.16. The molecule has 25 heavy (non-hydrogen) atoms. The fraction of sp³-hybridized carbons (Fsp3) is 0.400. The first-order chi connectivity index (χ1) is 12.2. The molecule has 0 spiro atoms. The number of rotatable bonds is 8. The molecule has 1 heterocycles. The number of ether oxygens (including phenoxy) is 1. The molecule has 0 aromatic heterocycles. The SMILES string of the molecule is CCCCCCCCOc1cc(=O)cc2oc3cc(O)ccc3nc1-2. The summed E-state index contributed by atoms with van der Waals surface area (Å²) < 4.78 is 11.5. The zero-order valence-corrected chi connectivity index (χ0v) is 14.5. The van der Waals surface area contributed by atoms with Crippen LogP contribution < -0.4 is 10.2 Å². The quantitative estimate of drug-likeness (QED) is 0.473. The Morgan fingerprint density at radius 3 is 2.72 bits per heavy atom. The summed E-state index contributed by atoms with van der Waals surface area (Å²) in [7, 11) is 0. The van der Waals surface area contributed by atoms with Gasteiger partial charge in [0.15, 0.2) is 22.5 Å². The minimum Gasteiger partial charge on any atom is -0.508 e.